The lowest BCUT2D eigenvalue weighted by Crippen LogP contribution is -2.23. The average Bonchev–Trinajstić information content (AvgIpc) is 3.48. The normalized spacial score (nSPS) is 10.7. The number of hydrogen-bond donors (Lipinski definition) is 2. The Morgan fingerprint density at radius 3 is 2.83 bits per heavy atom. The molecule has 0 saturated heterocycles. The van der Waals surface area contributed by atoms with Gasteiger partial charge in [0.05, 0.1) is 9.21 Å². The van der Waals surface area contributed by atoms with Gasteiger partial charge in [-0.3, -0.25) is 14.3 Å². The van der Waals surface area contributed by atoms with Crippen LogP contribution in [0.25, 0.3) is 9.88 Å². The van der Waals surface area contributed by atoms with E-state index < -0.39 is 0 Å². The fourth-order valence-electron chi connectivity index (χ4n) is 2.69. The monoisotopic (exact) mass is 457 g/mol. The van der Waals surface area contributed by atoms with Gasteiger partial charge in [0, 0.05) is 30.0 Å². The van der Waals surface area contributed by atoms with Gasteiger partial charge in [0.2, 0.25) is 5.91 Å². The lowest BCUT2D eigenvalue weighted by Gasteiger charge is -2.08. The maximum absolute atomic E-state index is 12.4. The lowest BCUT2D eigenvalue weighted by atomic mass is 10.2. The number of carbonyl (C=O) groups is 2. The molecule has 0 radical (unpaired) electrons. The van der Waals surface area contributed by atoms with E-state index in [1.807, 2.05) is 30.3 Å². The number of carbonyl (C=O) groups excluding carboxylic acids is 2. The van der Waals surface area contributed by atoms with Crippen molar-refractivity contribution in [2.45, 2.75) is 13.1 Å². The van der Waals surface area contributed by atoms with Crippen molar-refractivity contribution in [2.24, 2.45) is 0 Å². The van der Waals surface area contributed by atoms with Crippen LogP contribution in [-0.2, 0) is 17.9 Å². The second-order valence-corrected chi connectivity index (χ2v) is 8.85. The molecule has 0 aliphatic carbocycles. The number of nitrogens with one attached hydrogen (secondary N) is 2. The van der Waals surface area contributed by atoms with Crippen LogP contribution in [0.15, 0.2) is 60.2 Å². The molecule has 3 heterocycles. The van der Waals surface area contributed by atoms with E-state index in [2.05, 4.69) is 20.7 Å². The molecule has 0 atom stereocenters. The van der Waals surface area contributed by atoms with Gasteiger partial charge in [-0.2, -0.15) is 5.10 Å². The molecule has 0 saturated carbocycles. The molecule has 4 aromatic rings. The van der Waals surface area contributed by atoms with Gasteiger partial charge in [0.15, 0.2) is 0 Å². The maximum atomic E-state index is 12.4. The summed E-state index contributed by atoms with van der Waals surface area (Å²) >= 11 is 8.79. The Morgan fingerprint density at radius 2 is 2.07 bits per heavy atom. The maximum Gasteiger partial charge on any atom is 0.271 e. The Bertz CT molecular complexity index is 1170. The summed E-state index contributed by atoms with van der Waals surface area (Å²) in [6, 6.07) is 12.8. The van der Waals surface area contributed by atoms with Crippen LogP contribution in [0.2, 0.25) is 4.34 Å². The van der Waals surface area contributed by atoms with Crippen LogP contribution in [0.1, 0.15) is 16.1 Å². The van der Waals surface area contributed by atoms with Gasteiger partial charge in [0.25, 0.3) is 5.91 Å². The highest BCUT2D eigenvalue weighted by atomic mass is 35.5. The van der Waals surface area contributed by atoms with Crippen molar-refractivity contribution in [2.75, 3.05) is 5.32 Å². The quantitative estimate of drug-likeness (QED) is 0.433. The largest absolute Gasteiger partial charge is 0.347 e. The summed E-state index contributed by atoms with van der Waals surface area (Å²) in [6.45, 7) is 0.453. The molecule has 4 rings (SSSR count). The molecule has 7 nitrogen and oxygen atoms in total. The molecule has 10 heteroatoms. The summed E-state index contributed by atoms with van der Waals surface area (Å²) in [5, 5.41) is 12.2. The number of thiazole rings is 1. The third kappa shape index (κ3) is 5.12. The number of halogens is 1. The highest BCUT2D eigenvalue weighted by Gasteiger charge is 2.13. The van der Waals surface area contributed by atoms with Crippen LogP contribution in [-0.4, -0.2) is 26.6 Å². The SMILES string of the molecule is O=C(Cn1cccn1)Nc1cccc(CNC(=O)c2csc(-c3ccc(Cl)s3)n2)c1. The molecule has 2 N–H and O–H groups in total. The average molecular weight is 458 g/mol. The first-order valence-electron chi connectivity index (χ1n) is 8.92. The van der Waals surface area contributed by atoms with E-state index in [4.69, 9.17) is 11.6 Å². The first kappa shape index (κ1) is 20.3. The van der Waals surface area contributed by atoms with Gasteiger partial charge in [-0.25, -0.2) is 4.98 Å². The molecule has 0 aliphatic heterocycles. The van der Waals surface area contributed by atoms with Gasteiger partial charge in [-0.15, -0.1) is 22.7 Å². The molecule has 1 aromatic carbocycles. The summed E-state index contributed by atoms with van der Waals surface area (Å²) in [7, 11) is 0. The number of thiophene rings is 1. The van der Waals surface area contributed by atoms with Crippen molar-refractivity contribution < 1.29 is 9.59 Å². The number of amides is 2. The van der Waals surface area contributed by atoms with E-state index in [9.17, 15) is 9.59 Å². The highest BCUT2D eigenvalue weighted by molar-refractivity contribution is 7.23. The van der Waals surface area contributed by atoms with E-state index >= 15 is 0 Å². The number of nitrogens with zero attached hydrogens (tertiary/aromatic N) is 3. The number of hydrogen-bond acceptors (Lipinski definition) is 6. The summed E-state index contributed by atoms with van der Waals surface area (Å²) in [4.78, 5) is 29.9. The van der Waals surface area contributed by atoms with Crippen LogP contribution in [0, 0.1) is 0 Å². The topological polar surface area (TPSA) is 88.9 Å². The Labute approximate surface area is 185 Å². The zero-order valence-electron chi connectivity index (χ0n) is 15.5. The van der Waals surface area contributed by atoms with Crippen LogP contribution in [0.3, 0.4) is 0 Å². The van der Waals surface area contributed by atoms with Gasteiger partial charge in [-0.05, 0) is 35.9 Å². The summed E-state index contributed by atoms with van der Waals surface area (Å²) in [5.41, 5.74) is 1.88. The molecule has 0 spiro atoms. The van der Waals surface area contributed by atoms with Crippen LogP contribution >= 0.6 is 34.3 Å². The molecule has 30 heavy (non-hydrogen) atoms. The van der Waals surface area contributed by atoms with Crippen molar-refractivity contribution in [3.05, 3.63) is 75.8 Å². The number of anilines is 1. The number of benzene rings is 1. The molecule has 0 bridgehead atoms. The minimum absolute atomic E-state index is 0.134. The summed E-state index contributed by atoms with van der Waals surface area (Å²) < 4.78 is 2.23. The Balaban J connectivity index is 1.33. The van der Waals surface area contributed by atoms with E-state index in [0.717, 1.165) is 15.4 Å². The van der Waals surface area contributed by atoms with Crippen LogP contribution in [0.4, 0.5) is 5.69 Å². The first-order chi connectivity index (χ1) is 14.6. The Hall–Kier alpha value is -3.01. The minimum Gasteiger partial charge on any atom is -0.347 e. The molecular weight excluding hydrogens is 442 g/mol. The minimum atomic E-state index is -0.256. The van der Waals surface area contributed by atoms with Gasteiger partial charge >= 0.3 is 0 Å². The number of rotatable bonds is 7. The first-order valence-corrected chi connectivity index (χ1v) is 11.0. The second-order valence-electron chi connectivity index (χ2n) is 6.28. The van der Waals surface area contributed by atoms with Crippen molar-refractivity contribution in [3.8, 4) is 9.88 Å². The molecule has 2 amide bonds. The molecular formula is C20H16ClN5O2S2. The predicted molar refractivity (Wildman–Crippen MR) is 119 cm³/mol. The smallest absolute Gasteiger partial charge is 0.271 e. The Morgan fingerprint density at radius 1 is 1.17 bits per heavy atom. The lowest BCUT2D eigenvalue weighted by molar-refractivity contribution is -0.116. The van der Waals surface area contributed by atoms with E-state index in [1.165, 1.54) is 22.7 Å². The predicted octanol–water partition coefficient (Wildman–Crippen LogP) is 4.29. The summed E-state index contributed by atoms with van der Waals surface area (Å²) in [5.74, 6) is -0.433. The van der Waals surface area contributed by atoms with Crippen molar-refractivity contribution in [1.82, 2.24) is 20.1 Å². The molecule has 3 aromatic heterocycles. The van der Waals surface area contributed by atoms with Gasteiger partial charge in [-0.1, -0.05) is 23.7 Å². The molecule has 0 unspecified atom stereocenters. The van der Waals surface area contributed by atoms with Gasteiger partial charge in [0.1, 0.15) is 17.2 Å². The second kappa shape index (κ2) is 9.21. The zero-order chi connectivity index (χ0) is 20.9. The zero-order valence-corrected chi connectivity index (χ0v) is 17.9. The van der Waals surface area contributed by atoms with Crippen molar-refractivity contribution in [1.29, 1.82) is 0 Å². The van der Waals surface area contributed by atoms with Crippen LogP contribution < -0.4 is 10.6 Å². The third-order valence-corrected chi connectivity index (χ3v) is 6.29. The van der Waals surface area contributed by atoms with Crippen LogP contribution in [0.5, 0.6) is 0 Å². The highest BCUT2D eigenvalue weighted by Crippen LogP contribution is 2.32. The standard InChI is InChI=1S/C20H16ClN5O2S2/c21-17-6-5-16(30-17)20-25-15(12-29-20)19(28)22-10-13-3-1-4-14(9-13)24-18(27)11-26-8-2-7-23-26/h1-9,12H,10-11H2,(H,22,28)(H,24,27). The molecule has 152 valence electrons. The van der Waals surface area contributed by atoms with Crippen molar-refractivity contribution >= 4 is 51.8 Å². The molecule has 0 aliphatic rings. The molecule has 0 fully saturated rings. The Kier molecular flexibility index (Phi) is 6.22. The fraction of sp³-hybridized carbons (Fsp3) is 0.100. The fourth-order valence-corrected chi connectivity index (χ4v) is 4.61. The van der Waals surface area contributed by atoms with Gasteiger partial charge < -0.3 is 10.6 Å². The number of aromatic nitrogens is 3. The summed E-state index contributed by atoms with van der Waals surface area (Å²) in [6.07, 6.45) is 3.35. The van der Waals surface area contributed by atoms with Crippen molar-refractivity contribution in [3.63, 3.8) is 0 Å². The van der Waals surface area contributed by atoms with E-state index in [0.29, 0.717) is 22.3 Å². The third-order valence-electron chi connectivity index (χ3n) is 4.05. The van der Waals surface area contributed by atoms with E-state index in [1.54, 1.807) is 34.6 Å². The van der Waals surface area contributed by atoms with E-state index in [-0.39, 0.29) is 18.4 Å².